The standard InChI is InChI=1S/C22H24ClNO3/c1-2-27-21(26)9-5-8-20(25)24-15-14-16-6-3-4-7-19(16)22(24)17-10-12-18(23)13-11-17/h3-4,6-7,10-13,22H,2,5,8-9,14-15H2,1H3. The van der Waals surface area contributed by atoms with Gasteiger partial charge in [0.2, 0.25) is 5.91 Å². The van der Waals surface area contributed by atoms with E-state index < -0.39 is 0 Å². The van der Waals surface area contributed by atoms with Gasteiger partial charge in [0.05, 0.1) is 12.6 Å². The number of nitrogens with zero attached hydrogens (tertiary/aromatic N) is 1. The molecule has 1 aliphatic heterocycles. The molecule has 5 heteroatoms. The third kappa shape index (κ3) is 4.69. The predicted octanol–water partition coefficient (Wildman–Crippen LogP) is 4.55. The summed E-state index contributed by atoms with van der Waals surface area (Å²) in [6.07, 6.45) is 1.95. The highest BCUT2D eigenvalue weighted by Crippen LogP contribution is 2.36. The van der Waals surface area contributed by atoms with E-state index in [0.717, 1.165) is 17.5 Å². The molecule has 1 unspecified atom stereocenters. The summed E-state index contributed by atoms with van der Waals surface area (Å²) in [5.41, 5.74) is 3.48. The number of rotatable bonds is 6. The number of halogens is 1. The Morgan fingerprint density at radius 3 is 2.59 bits per heavy atom. The molecule has 1 heterocycles. The van der Waals surface area contributed by atoms with Crippen LogP contribution < -0.4 is 0 Å². The Morgan fingerprint density at radius 2 is 1.85 bits per heavy atom. The van der Waals surface area contributed by atoms with Gasteiger partial charge in [-0.15, -0.1) is 0 Å². The zero-order valence-electron chi connectivity index (χ0n) is 15.5. The fraction of sp³-hybridized carbons (Fsp3) is 0.364. The molecule has 0 saturated heterocycles. The second-order valence-corrected chi connectivity index (χ2v) is 7.09. The number of hydrogen-bond donors (Lipinski definition) is 0. The highest BCUT2D eigenvalue weighted by Gasteiger charge is 2.31. The molecule has 3 rings (SSSR count). The maximum Gasteiger partial charge on any atom is 0.305 e. The molecule has 0 radical (unpaired) electrons. The molecule has 2 aromatic rings. The van der Waals surface area contributed by atoms with Gasteiger partial charge in [-0.3, -0.25) is 9.59 Å². The molecule has 0 aliphatic carbocycles. The van der Waals surface area contributed by atoms with Gasteiger partial charge in [0.1, 0.15) is 0 Å². The molecule has 1 amide bonds. The van der Waals surface area contributed by atoms with Crippen molar-refractivity contribution in [2.75, 3.05) is 13.2 Å². The van der Waals surface area contributed by atoms with Crippen LogP contribution in [0.15, 0.2) is 48.5 Å². The molecule has 142 valence electrons. The Kier molecular flexibility index (Phi) is 6.51. The van der Waals surface area contributed by atoms with Crippen LogP contribution in [0.4, 0.5) is 0 Å². The Labute approximate surface area is 165 Å². The predicted molar refractivity (Wildman–Crippen MR) is 106 cm³/mol. The number of carbonyl (C=O) groups excluding carboxylic acids is 2. The molecule has 1 atom stereocenters. The van der Waals surface area contributed by atoms with Crippen molar-refractivity contribution < 1.29 is 14.3 Å². The van der Waals surface area contributed by atoms with Crippen molar-refractivity contribution in [2.45, 2.75) is 38.6 Å². The van der Waals surface area contributed by atoms with E-state index >= 15 is 0 Å². The fourth-order valence-electron chi connectivity index (χ4n) is 3.60. The lowest BCUT2D eigenvalue weighted by atomic mass is 9.88. The van der Waals surface area contributed by atoms with Crippen LogP contribution in [0.2, 0.25) is 5.02 Å². The Balaban J connectivity index is 1.79. The van der Waals surface area contributed by atoms with Crippen molar-refractivity contribution in [3.05, 3.63) is 70.2 Å². The van der Waals surface area contributed by atoms with Gasteiger partial charge in [0.25, 0.3) is 0 Å². The monoisotopic (exact) mass is 385 g/mol. The molecule has 27 heavy (non-hydrogen) atoms. The molecular formula is C22H24ClNO3. The number of benzene rings is 2. The lowest BCUT2D eigenvalue weighted by Crippen LogP contribution is -2.40. The van der Waals surface area contributed by atoms with Crippen LogP contribution in [0.1, 0.15) is 48.9 Å². The van der Waals surface area contributed by atoms with E-state index in [0.29, 0.717) is 31.0 Å². The Bertz CT molecular complexity index is 803. The van der Waals surface area contributed by atoms with Gasteiger partial charge in [-0.1, -0.05) is 48.0 Å². The minimum Gasteiger partial charge on any atom is -0.466 e. The molecule has 0 fully saturated rings. The van der Waals surface area contributed by atoms with E-state index in [2.05, 4.69) is 12.1 Å². The van der Waals surface area contributed by atoms with Crippen LogP contribution in [0.25, 0.3) is 0 Å². The van der Waals surface area contributed by atoms with Crippen LogP contribution in [0, 0.1) is 0 Å². The minimum absolute atomic E-state index is 0.0637. The van der Waals surface area contributed by atoms with Crippen LogP contribution in [0.3, 0.4) is 0 Å². The van der Waals surface area contributed by atoms with Crippen LogP contribution in [-0.4, -0.2) is 29.9 Å². The Hall–Kier alpha value is -2.33. The summed E-state index contributed by atoms with van der Waals surface area (Å²) >= 11 is 6.05. The fourth-order valence-corrected chi connectivity index (χ4v) is 3.73. The highest BCUT2D eigenvalue weighted by atomic mass is 35.5. The highest BCUT2D eigenvalue weighted by molar-refractivity contribution is 6.30. The van der Waals surface area contributed by atoms with E-state index in [1.807, 2.05) is 41.3 Å². The molecule has 2 aromatic carbocycles. The zero-order chi connectivity index (χ0) is 19.2. The van der Waals surface area contributed by atoms with Gasteiger partial charge in [-0.2, -0.15) is 0 Å². The van der Waals surface area contributed by atoms with Gasteiger partial charge >= 0.3 is 5.97 Å². The first-order valence-corrected chi connectivity index (χ1v) is 9.76. The van der Waals surface area contributed by atoms with Crippen molar-refractivity contribution >= 4 is 23.5 Å². The molecule has 0 aromatic heterocycles. The van der Waals surface area contributed by atoms with Crippen molar-refractivity contribution in [1.82, 2.24) is 4.90 Å². The number of carbonyl (C=O) groups is 2. The van der Waals surface area contributed by atoms with E-state index in [1.54, 1.807) is 6.92 Å². The second kappa shape index (κ2) is 9.05. The number of hydrogen-bond acceptors (Lipinski definition) is 3. The van der Waals surface area contributed by atoms with Gasteiger partial charge in [-0.25, -0.2) is 0 Å². The van der Waals surface area contributed by atoms with Gasteiger partial charge in [-0.05, 0) is 48.6 Å². The van der Waals surface area contributed by atoms with Gasteiger partial charge in [0, 0.05) is 24.4 Å². The topological polar surface area (TPSA) is 46.6 Å². The van der Waals surface area contributed by atoms with Crippen LogP contribution >= 0.6 is 11.6 Å². The molecule has 0 spiro atoms. The third-order valence-electron chi connectivity index (χ3n) is 4.87. The van der Waals surface area contributed by atoms with Crippen molar-refractivity contribution in [1.29, 1.82) is 0 Å². The summed E-state index contributed by atoms with van der Waals surface area (Å²) in [5, 5.41) is 0.676. The maximum absolute atomic E-state index is 12.9. The van der Waals surface area contributed by atoms with Gasteiger partial charge in [0.15, 0.2) is 0 Å². The maximum atomic E-state index is 12.9. The molecule has 0 bridgehead atoms. The summed E-state index contributed by atoms with van der Waals surface area (Å²) in [7, 11) is 0. The quantitative estimate of drug-likeness (QED) is 0.685. The summed E-state index contributed by atoms with van der Waals surface area (Å²) in [4.78, 5) is 26.4. The van der Waals surface area contributed by atoms with Crippen LogP contribution in [-0.2, 0) is 20.7 Å². The molecule has 0 saturated carbocycles. The van der Waals surface area contributed by atoms with E-state index in [-0.39, 0.29) is 24.3 Å². The SMILES string of the molecule is CCOC(=O)CCCC(=O)N1CCc2ccccc2C1c1ccc(Cl)cc1. The largest absolute Gasteiger partial charge is 0.466 e. The number of fused-ring (bicyclic) bond motifs is 1. The van der Waals surface area contributed by atoms with Crippen molar-refractivity contribution in [3.63, 3.8) is 0 Å². The summed E-state index contributed by atoms with van der Waals surface area (Å²) in [6, 6.07) is 15.8. The number of esters is 1. The molecule has 0 N–H and O–H groups in total. The lowest BCUT2D eigenvalue weighted by Gasteiger charge is -2.38. The summed E-state index contributed by atoms with van der Waals surface area (Å²) < 4.78 is 4.94. The Morgan fingerprint density at radius 1 is 1.11 bits per heavy atom. The molecule has 4 nitrogen and oxygen atoms in total. The van der Waals surface area contributed by atoms with Crippen LogP contribution in [0.5, 0.6) is 0 Å². The van der Waals surface area contributed by atoms with E-state index in [9.17, 15) is 9.59 Å². The van der Waals surface area contributed by atoms with Crippen molar-refractivity contribution in [2.24, 2.45) is 0 Å². The average Bonchev–Trinajstić information content (AvgIpc) is 2.68. The minimum atomic E-state index is -0.247. The average molecular weight is 386 g/mol. The van der Waals surface area contributed by atoms with E-state index in [4.69, 9.17) is 16.3 Å². The summed E-state index contributed by atoms with van der Waals surface area (Å²) in [5.74, 6) is -0.183. The van der Waals surface area contributed by atoms with Crippen molar-refractivity contribution in [3.8, 4) is 0 Å². The third-order valence-corrected chi connectivity index (χ3v) is 5.12. The second-order valence-electron chi connectivity index (χ2n) is 6.65. The molecule has 1 aliphatic rings. The normalized spacial score (nSPS) is 15.9. The first kappa shape index (κ1) is 19.4. The summed E-state index contributed by atoms with van der Waals surface area (Å²) in [6.45, 7) is 2.82. The zero-order valence-corrected chi connectivity index (χ0v) is 16.2. The number of amides is 1. The van der Waals surface area contributed by atoms with Gasteiger partial charge < -0.3 is 9.64 Å². The smallest absolute Gasteiger partial charge is 0.305 e. The molecular weight excluding hydrogens is 362 g/mol. The first-order chi connectivity index (χ1) is 13.1. The van der Waals surface area contributed by atoms with E-state index in [1.165, 1.54) is 5.56 Å². The first-order valence-electron chi connectivity index (χ1n) is 9.38. The lowest BCUT2D eigenvalue weighted by molar-refractivity contribution is -0.143. The number of ether oxygens (including phenoxy) is 1.